The monoisotopic (exact) mass is 253 g/mol. The zero-order valence-electron chi connectivity index (χ0n) is 11.4. The topological polar surface area (TPSA) is 21.3 Å². The Morgan fingerprint density at radius 2 is 2.11 bits per heavy atom. The number of ether oxygens (including phenoxy) is 1. The lowest BCUT2D eigenvalue weighted by Gasteiger charge is -2.18. The molecule has 0 aliphatic carbocycles. The molecule has 1 N–H and O–H groups in total. The summed E-state index contributed by atoms with van der Waals surface area (Å²) in [5.74, 6) is -0.162. The van der Waals surface area contributed by atoms with E-state index in [4.69, 9.17) is 4.74 Å². The highest BCUT2D eigenvalue weighted by atomic mass is 19.1. The third kappa shape index (κ3) is 6.12. The van der Waals surface area contributed by atoms with Crippen molar-refractivity contribution in [2.45, 2.75) is 39.2 Å². The highest BCUT2D eigenvalue weighted by Crippen LogP contribution is 2.08. The smallest absolute Gasteiger partial charge is 0.123 e. The molecule has 1 atom stereocenters. The van der Waals surface area contributed by atoms with Gasteiger partial charge >= 0.3 is 0 Å². The van der Waals surface area contributed by atoms with Gasteiger partial charge in [-0.05, 0) is 43.5 Å². The van der Waals surface area contributed by atoms with Crippen LogP contribution in [0.2, 0.25) is 0 Å². The molecule has 1 aromatic rings. The number of halogens is 1. The van der Waals surface area contributed by atoms with Gasteiger partial charge in [-0.1, -0.05) is 26.0 Å². The van der Waals surface area contributed by atoms with Crippen LogP contribution < -0.4 is 5.32 Å². The van der Waals surface area contributed by atoms with Crippen molar-refractivity contribution >= 4 is 0 Å². The number of benzene rings is 1. The number of likely N-dealkylation sites (N-methyl/N-ethyl adjacent to an activating group) is 1. The molecule has 2 nitrogen and oxygen atoms in total. The van der Waals surface area contributed by atoms with Crippen molar-refractivity contribution in [3.8, 4) is 0 Å². The molecule has 0 fully saturated rings. The van der Waals surface area contributed by atoms with Gasteiger partial charge in [0, 0.05) is 19.3 Å². The summed E-state index contributed by atoms with van der Waals surface area (Å²) < 4.78 is 18.6. The van der Waals surface area contributed by atoms with Crippen molar-refractivity contribution in [3.05, 3.63) is 35.6 Å². The molecular formula is C15H24FNO. The SMILES string of the molecule is CCCOCCC(Cc1cccc(F)c1)NCC. The van der Waals surface area contributed by atoms with E-state index in [0.717, 1.165) is 44.6 Å². The number of nitrogens with one attached hydrogen (secondary N) is 1. The lowest BCUT2D eigenvalue weighted by Crippen LogP contribution is -2.32. The Balaban J connectivity index is 2.41. The summed E-state index contributed by atoms with van der Waals surface area (Å²) >= 11 is 0. The quantitative estimate of drug-likeness (QED) is 0.683. The van der Waals surface area contributed by atoms with E-state index in [0.29, 0.717) is 6.04 Å². The van der Waals surface area contributed by atoms with E-state index in [1.54, 1.807) is 12.1 Å². The lowest BCUT2D eigenvalue weighted by atomic mass is 10.0. The van der Waals surface area contributed by atoms with Crippen LogP contribution >= 0.6 is 0 Å². The Kier molecular flexibility index (Phi) is 7.62. The van der Waals surface area contributed by atoms with Crippen LogP contribution in [0.15, 0.2) is 24.3 Å². The van der Waals surface area contributed by atoms with Gasteiger partial charge in [0.05, 0.1) is 0 Å². The minimum absolute atomic E-state index is 0.162. The summed E-state index contributed by atoms with van der Waals surface area (Å²) in [4.78, 5) is 0. The van der Waals surface area contributed by atoms with Crippen LogP contribution in [0.4, 0.5) is 4.39 Å². The fourth-order valence-electron chi connectivity index (χ4n) is 1.99. The largest absolute Gasteiger partial charge is 0.381 e. The minimum Gasteiger partial charge on any atom is -0.381 e. The van der Waals surface area contributed by atoms with Crippen LogP contribution in [-0.2, 0) is 11.2 Å². The van der Waals surface area contributed by atoms with E-state index >= 15 is 0 Å². The molecule has 1 aromatic carbocycles. The highest BCUT2D eigenvalue weighted by molar-refractivity contribution is 5.17. The molecule has 0 saturated carbocycles. The molecule has 0 spiro atoms. The molecule has 102 valence electrons. The van der Waals surface area contributed by atoms with E-state index in [9.17, 15) is 4.39 Å². The van der Waals surface area contributed by atoms with Crippen molar-refractivity contribution in [1.29, 1.82) is 0 Å². The van der Waals surface area contributed by atoms with Crippen molar-refractivity contribution in [2.24, 2.45) is 0 Å². The maximum atomic E-state index is 13.1. The number of rotatable bonds is 9. The van der Waals surface area contributed by atoms with Crippen LogP contribution in [0.3, 0.4) is 0 Å². The van der Waals surface area contributed by atoms with Gasteiger partial charge < -0.3 is 10.1 Å². The zero-order chi connectivity index (χ0) is 13.2. The zero-order valence-corrected chi connectivity index (χ0v) is 11.4. The van der Waals surface area contributed by atoms with Gasteiger partial charge in [0.15, 0.2) is 0 Å². The second-order valence-electron chi connectivity index (χ2n) is 4.49. The molecule has 0 aliphatic rings. The molecule has 3 heteroatoms. The highest BCUT2D eigenvalue weighted by Gasteiger charge is 2.08. The number of hydrogen-bond acceptors (Lipinski definition) is 2. The third-order valence-corrected chi connectivity index (χ3v) is 2.82. The number of hydrogen-bond donors (Lipinski definition) is 1. The van der Waals surface area contributed by atoms with E-state index in [-0.39, 0.29) is 5.82 Å². The van der Waals surface area contributed by atoms with Gasteiger partial charge in [0.2, 0.25) is 0 Å². The molecule has 18 heavy (non-hydrogen) atoms. The first-order chi connectivity index (χ1) is 8.76. The molecule has 0 heterocycles. The summed E-state index contributed by atoms with van der Waals surface area (Å²) in [6.45, 7) is 6.70. The van der Waals surface area contributed by atoms with E-state index < -0.39 is 0 Å². The van der Waals surface area contributed by atoms with E-state index in [1.807, 2.05) is 6.07 Å². The maximum Gasteiger partial charge on any atom is 0.123 e. The standard InChI is InChI=1S/C15H24FNO/c1-3-9-18-10-8-15(17-4-2)12-13-6-5-7-14(16)11-13/h5-7,11,15,17H,3-4,8-10,12H2,1-2H3. The molecule has 0 aliphatic heterocycles. The molecule has 1 rings (SSSR count). The second kappa shape index (κ2) is 9.06. The summed E-state index contributed by atoms with van der Waals surface area (Å²) in [6.07, 6.45) is 2.86. The van der Waals surface area contributed by atoms with Gasteiger partial charge in [-0.15, -0.1) is 0 Å². The van der Waals surface area contributed by atoms with Crippen LogP contribution in [0.5, 0.6) is 0 Å². The van der Waals surface area contributed by atoms with Crippen molar-refractivity contribution in [2.75, 3.05) is 19.8 Å². The first-order valence-electron chi connectivity index (χ1n) is 6.81. The van der Waals surface area contributed by atoms with Crippen molar-refractivity contribution < 1.29 is 9.13 Å². The minimum atomic E-state index is -0.162. The van der Waals surface area contributed by atoms with E-state index in [1.165, 1.54) is 6.07 Å². The van der Waals surface area contributed by atoms with Crippen LogP contribution in [0, 0.1) is 5.82 Å². The fraction of sp³-hybridized carbons (Fsp3) is 0.600. The lowest BCUT2D eigenvalue weighted by molar-refractivity contribution is 0.124. The van der Waals surface area contributed by atoms with Crippen LogP contribution in [0.1, 0.15) is 32.3 Å². The van der Waals surface area contributed by atoms with Gasteiger partial charge in [0.1, 0.15) is 5.82 Å². The first kappa shape index (κ1) is 15.1. The normalized spacial score (nSPS) is 12.6. The van der Waals surface area contributed by atoms with Gasteiger partial charge in [-0.3, -0.25) is 0 Å². The summed E-state index contributed by atoms with van der Waals surface area (Å²) in [5.41, 5.74) is 1.04. The molecule has 0 amide bonds. The predicted octanol–water partition coefficient (Wildman–Crippen LogP) is 3.16. The summed E-state index contributed by atoms with van der Waals surface area (Å²) in [7, 11) is 0. The van der Waals surface area contributed by atoms with Crippen molar-refractivity contribution in [3.63, 3.8) is 0 Å². The third-order valence-electron chi connectivity index (χ3n) is 2.82. The summed E-state index contributed by atoms with van der Waals surface area (Å²) in [6, 6.07) is 7.18. The van der Waals surface area contributed by atoms with Gasteiger partial charge in [-0.25, -0.2) is 4.39 Å². The van der Waals surface area contributed by atoms with Crippen molar-refractivity contribution in [1.82, 2.24) is 5.32 Å². The average molecular weight is 253 g/mol. The maximum absolute atomic E-state index is 13.1. The Labute approximate surface area is 110 Å². The van der Waals surface area contributed by atoms with E-state index in [2.05, 4.69) is 19.2 Å². The predicted molar refractivity (Wildman–Crippen MR) is 73.3 cm³/mol. The summed E-state index contributed by atoms with van der Waals surface area (Å²) in [5, 5.41) is 3.43. The second-order valence-corrected chi connectivity index (χ2v) is 4.49. The molecule has 0 bridgehead atoms. The fourth-order valence-corrected chi connectivity index (χ4v) is 1.99. The molecule has 0 saturated heterocycles. The Morgan fingerprint density at radius 1 is 1.28 bits per heavy atom. The van der Waals surface area contributed by atoms with Gasteiger partial charge in [-0.2, -0.15) is 0 Å². The average Bonchev–Trinajstić information content (AvgIpc) is 2.35. The molecule has 0 radical (unpaired) electrons. The Hall–Kier alpha value is -0.930. The van der Waals surface area contributed by atoms with Crippen LogP contribution in [0.25, 0.3) is 0 Å². The van der Waals surface area contributed by atoms with Gasteiger partial charge in [0.25, 0.3) is 0 Å². The Morgan fingerprint density at radius 3 is 2.78 bits per heavy atom. The molecule has 0 aromatic heterocycles. The van der Waals surface area contributed by atoms with Crippen LogP contribution in [-0.4, -0.2) is 25.8 Å². The molecule has 1 unspecified atom stereocenters. The molecular weight excluding hydrogens is 229 g/mol. The Bertz CT molecular complexity index is 330. The first-order valence-corrected chi connectivity index (χ1v) is 6.81.